The van der Waals surface area contributed by atoms with E-state index in [-0.39, 0.29) is 10.9 Å². The number of oxazole rings is 1. The Labute approximate surface area is 189 Å². The highest BCUT2D eigenvalue weighted by Crippen LogP contribution is 2.29. The van der Waals surface area contributed by atoms with Gasteiger partial charge in [-0.3, -0.25) is 10.1 Å². The molecule has 2 aromatic heterocycles. The van der Waals surface area contributed by atoms with Crippen LogP contribution in [0.25, 0.3) is 33.5 Å². The first-order chi connectivity index (χ1) is 15.5. The third-order valence-corrected chi connectivity index (χ3v) is 5.56. The Bertz CT molecular complexity index is 1470. The van der Waals surface area contributed by atoms with Crippen molar-refractivity contribution in [2.24, 2.45) is 0 Å². The summed E-state index contributed by atoms with van der Waals surface area (Å²) in [6, 6.07) is 20.6. The smallest absolute Gasteiger partial charge is 0.293 e. The van der Waals surface area contributed by atoms with Gasteiger partial charge in [-0.05, 0) is 73.6 Å². The van der Waals surface area contributed by atoms with Crippen LogP contribution in [0.1, 0.15) is 21.7 Å². The zero-order valence-corrected chi connectivity index (χ0v) is 18.2. The average Bonchev–Trinajstić information content (AvgIpc) is 3.39. The molecule has 0 saturated carbocycles. The number of benzene rings is 3. The second kappa shape index (κ2) is 7.94. The van der Waals surface area contributed by atoms with Crippen LogP contribution in [0.2, 0.25) is 0 Å². The summed E-state index contributed by atoms with van der Waals surface area (Å²) in [6.45, 7) is 4.11. The van der Waals surface area contributed by atoms with E-state index >= 15 is 0 Å². The topological polar surface area (TPSA) is 80.3 Å². The highest BCUT2D eigenvalue weighted by atomic mass is 32.1. The van der Waals surface area contributed by atoms with E-state index in [1.54, 1.807) is 6.07 Å². The maximum Gasteiger partial charge on any atom is 0.293 e. The molecule has 2 N–H and O–H groups in total. The van der Waals surface area contributed by atoms with Crippen molar-refractivity contribution in [1.82, 2.24) is 10.3 Å². The number of para-hydroxylation sites is 1. The maximum atomic E-state index is 12.5. The predicted octanol–water partition coefficient (Wildman–Crippen LogP) is 5.98. The van der Waals surface area contributed by atoms with Gasteiger partial charge in [0.15, 0.2) is 16.5 Å². The molecule has 3 aromatic carbocycles. The molecular formula is C25H19N3O3S. The van der Waals surface area contributed by atoms with Crippen molar-refractivity contribution in [2.45, 2.75) is 13.8 Å². The fourth-order valence-electron chi connectivity index (χ4n) is 3.52. The highest BCUT2D eigenvalue weighted by molar-refractivity contribution is 7.80. The lowest BCUT2D eigenvalue weighted by atomic mass is 10.0. The van der Waals surface area contributed by atoms with Crippen LogP contribution in [0, 0.1) is 13.8 Å². The third kappa shape index (κ3) is 3.74. The van der Waals surface area contributed by atoms with Crippen molar-refractivity contribution in [3.05, 3.63) is 83.6 Å². The van der Waals surface area contributed by atoms with Gasteiger partial charge in [-0.1, -0.05) is 30.3 Å². The molecule has 0 atom stereocenters. The number of nitrogens with one attached hydrogen (secondary N) is 2. The van der Waals surface area contributed by atoms with Crippen LogP contribution in [0.15, 0.2) is 75.6 Å². The van der Waals surface area contributed by atoms with Crippen LogP contribution < -0.4 is 10.6 Å². The molecule has 0 saturated heterocycles. The van der Waals surface area contributed by atoms with Crippen LogP contribution in [-0.4, -0.2) is 16.0 Å². The lowest BCUT2D eigenvalue weighted by molar-refractivity contribution is 0.0953. The van der Waals surface area contributed by atoms with Gasteiger partial charge >= 0.3 is 0 Å². The molecule has 0 aliphatic rings. The minimum absolute atomic E-state index is 0.160. The summed E-state index contributed by atoms with van der Waals surface area (Å²) in [5.41, 5.74) is 5.97. The van der Waals surface area contributed by atoms with E-state index in [4.69, 9.17) is 21.1 Å². The molecule has 0 unspecified atom stereocenters. The number of aryl methyl sites for hydroxylation is 1. The Morgan fingerprint density at radius 2 is 1.78 bits per heavy atom. The van der Waals surface area contributed by atoms with Gasteiger partial charge in [0, 0.05) is 16.6 Å². The molecule has 5 aromatic rings. The number of nitrogens with zero attached hydrogens (tertiary/aromatic N) is 1. The Morgan fingerprint density at radius 3 is 2.62 bits per heavy atom. The van der Waals surface area contributed by atoms with Crippen molar-refractivity contribution in [2.75, 3.05) is 5.32 Å². The van der Waals surface area contributed by atoms with E-state index in [2.05, 4.69) is 35.5 Å². The van der Waals surface area contributed by atoms with Gasteiger partial charge in [0.2, 0.25) is 5.89 Å². The van der Waals surface area contributed by atoms with Crippen molar-refractivity contribution < 1.29 is 13.6 Å². The van der Waals surface area contributed by atoms with E-state index in [1.807, 2.05) is 54.6 Å². The fourth-order valence-corrected chi connectivity index (χ4v) is 3.73. The van der Waals surface area contributed by atoms with E-state index in [0.717, 1.165) is 16.5 Å². The fraction of sp³-hybridized carbons (Fsp3) is 0.0800. The number of carbonyl (C=O) groups is 1. The number of amides is 1. The number of carbonyl (C=O) groups excluding carboxylic acids is 1. The second-order valence-electron chi connectivity index (χ2n) is 7.51. The second-order valence-corrected chi connectivity index (χ2v) is 7.91. The number of rotatable bonds is 3. The summed E-state index contributed by atoms with van der Waals surface area (Å²) >= 11 is 5.30. The molecule has 1 amide bonds. The molecule has 0 fully saturated rings. The van der Waals surface area contributed by atoms with Crippen molar-refractivity contribution in [3.8, 4) is 11.5 Å². The zero-order valence-electron chi connectivity index (χ0n) is 17.4. The Hall–Kier alpha value is -3.97. The number of hydrogen-bond acceptors (Lipinski definition) is 5. The number of anilines is 1. The minimum atomic E-state index is -0.418. The molecule has 0 radical (unpaired) electrons. The Kier molecular flexibility index (Phi) is 4.95. The van der Waals surface area contributed by atoms with Gasteiger partial charge in [0.05, 0.1) is 0 Å². The molecular weight excluding hydrogens is 422 g/mol. The summed E-state index contributed by atoms with van der Waals surface area (Å²) in [7, 11) is 0. The predicted molar refractivity (Wildman–Crippen MR) is 129 cm³/mol. The van der Waals surface area contributed by atoms with E-state index < -0.39 is 5.91 Å². The SMILES string of the molecule is Cc1cccc(-c2nc3cc(NC(=S)NC(=O)c4cc5ccccc5o4)ccc3o2)c1C. The summed E-state index contributed by atoms with van der Waals surface area (Å²) in [4.78, 5) is 17.1. The standard InChI is InChI=1S/C25H19N3O3S/c1-14-6-5-8-18(15(14)2)24-27-19-13-17(10-11-21(19)31-24)26-25(32)28-23(29)22-12-16-7-3-4-9-20(16)30-22/h3-13H,1-2H3,(H2,26,28,29,32). The molecule has 0 spiro atoms. The van der Waals surface area contributed by atoms with Crippen LogP contribution in [0.3, 0.4) is 0 Å². The quantitative estimate of drug-likeness (QED) is 0.335. The van der Waals surface area contributed by atoms with Gasteiger partial charge in [0.25, 0.3) is 5.91 Å². The van der Waals surface area contributed by atoms with E-state index in [0.29, 0.717) is 28.3 Å². The van der Waals surface area contributed by atoms with Gasteiger partial charge in [-0.25, -0.2) is 4.98 Å². The number of aromatic nitrogens is 1. The zero-order chi connectivity index (χ0) is 22.2. The molecule has 7 heteroatoms. The first kappa shape index (κ1) is 20.0. The average molecular weight is 442 g/mol. The Balaban J connectivity index is 1.33. The lowest BCUT2D eigenvalue weighted by Gasteiger charge is -2.08. The summed E-state index contributed by atoms with van der Waals surface area (Å²) in [6.07, 6.45) is 0. The molecule has 0 bridgehead atoms. The van der Waals surface area contributed by atoms with Crippen LogP contribution in [0.4, 0.5) is 5.69 Å². The maximum absolute atomic E-state index is 12.5. The number of hydrogen-bond donors (Lipinski definition) is 2. The van der Waals surface area contributed by atoms with Crippen LogP contribution >= 0.6 is 12.2 Å². The molecule has 2 heterocycles. The number of furan rings is 1. The van der Waals surface area contributed by atoms with Crippen LogP contribution in [0.5, 0.6) is 0 Å². The van der Waals surface area contributed by atoms with Gasteiger partial charge in [-0.2, -0.15) is 0 Å². The first-order valence-corrected chi connectivity index (χ1v) is 10.5. The molecule has 158 valence electrons. The molecule has 6 nitrogen and oxygen atoms in total. The highest BCUT2D eigenvalue weighted by Gasteiger charge is 2.15. The summed E-state index contributed by atoms with van der Waals surface area (Å²) in [5, 5.41) is 6.67. The molecule has 32 heavy (non-hydrogen) atoms. The molecule has 5 rings (SSSR count). The van der Waals surface area contributed by atoms with Crippen molar-refractivity contribution in [1.29, 1.82) is 0 Å². The van der Waals surface area contributed by atoms with Crippen molar-refractivity contribution in [3.63, 3.8) is 0 Å². The van der Waals surface area contributed by atoms with Crippen molar-refractivity contribution >= 4 is 51.0 Å². The van der Waals surface area contributed by atoms with E-state index in [9.17, 15) is 4.79 Å². The monoisotopic (exact) mass is 441 g/mol. The summed E-state index contributed by atoms with van der Waals surface area (Å²) < 4.78 is 11.5. The minimum Gasteiger partial charge on any atom is -0.451 e. The van der Waals surface area contributed by atoms with Gasteiger partial charge in [0.1, 0.15) is 11.1 Å². The summed E-state index contributed by atoms with van der Waals surface area (Å²) in [5.74, 6) is 0.345. The van der Waals surface area contributed by atoms with Gasteiger partial charge in [-0.15, -0.1) is 0 Å². The number of fused-ring (bicyclic) bond motifs is 2. The third-order valence-electron chi connectivity index (χ3n) is 5.36. The van der Waals surface area contributed by atoms with Crippen LogP contribution in [-0.2, 0) is 0 Å². The Morgan fingerprint density at radius 1 is 0.938 bits per heavy atom. The largest absolute Gasteiger partial charge is 0.451 e. The number of thiocarbonyl (C=S) groups is 1. The lowest BCUT2D eigenvalue weighted by Crippen LogP contribution is -2.33. The van der Waals surface area contributed by atoms with E-state index in [1.165, 1.54) is 5.56 Å². The molecule has 0 aliphatic carbocycles. The molecule has 0 aliphatic heterocycles. The normalized spacial score (nSPS) is 11.1. The first-order valence-electron chi connectivity index (χ1n) is 10.1. The van der Waals surface area contributed by atoms with Gasteiger partial charge < -0.3 is 14.2 Å².